The highest BCUT2D eigenvalue weighted by atomic mass is 32.1. The molecule has 10 N–H and O–H groups in total. The van der Waals surface area contributed by atoms with Crippen molar-refractivity contribution in [2.45, 2.75) is 37.4 Å². The molecule has 0 bridgehead atoms. The summed E-state index contributed by atoms with van der Waals surface area (Å²) in [5.74, 6) is -3.66. The summed E-state index contributed by atoms with van der Waals surface area (Å²) in [5, 5.41) is 4.97. The zero-order valence-corrected chi connectivity index (χ0v) is 17.9. The van der Waals surface area contributed by atoms with E-state index >= 15 is 0 Å². The molecule has 3 atom stereocenters. The minimum Gasteiger partial charge on any atom is -0.370 e. The number of hydrogen-bond donors (Lipinski definition) is 7. The molecule has 1 aromatic rings. The number of aliphatic imine (C=N–C) groups is 1. The van der Waals surface area contributed by atoms with E-state index in [2.05, 4.69) is 28.3 Å². The maximum absolute atomic E-state index is 12.7. The van der Waals surface area contributed by atoms with Crippen LogP contribution >= 0.6 is 12.6 Å². The van der Waals surface area contributed by atoms with Gasteiger partial charge in [-0.25, -0.2) is 0 Å². The Balaban J connectivity index is 2.84. The average molecular weight is 452 g/mol. The van der Waals surface area contributed by atoms with E-state index in [1.54, 1.807) is 0 Å². The van der Waals surface area contributed by atoms with Crippen LogP contribution in [0.15, 0.2) is 35.3 Å². The summed E-state index contributed by atoms with van der Waals surface area (Å²) in [6.07, 6.45) is 0.796. The Labute approximate surface area is 185 Å². The lowest BCUT2D eigenvalue weighted by Gasteiger charge is -2.23. The zero-order valence-electron chi connectivity index (χ0n) is 17.0. The minimum absolute atomic E-state index is 0.0999. The van der Waals surface area contributed by atoms with Crippen molar-refractivity contribution in [2.75, 3.05) is 12.3 Å². The van der Waals surface area contributed by atoms with Crippen LogP contribution in [0.3, 0.4) is 0 Å². The van der Waals surface area contributed by atoms with E-state index in [1.165, 1.54) is 0 Å². The number of hydrogen-bond acceptors (Lipinski definition) is 7. The second-order valence-electron chi connectivity index (χ2n) is 6.78. The fraction of sp³-hybridized carbons (Fsp3) is 0.421. The molecule has 1 aromatic carbocycles. The number of nitrogens with two attached hydrogens (primary N) is 4. The maximum atomic E-state index is 12.7. The van der Waals surface area contributed by atoms with Crippen LogP contribution in [0.1, 0.15) is 18.4 Å². The zero-order chi connectivity index (χ0) is 23.4. The summed E-state index contributed by atoms with van der Waals surface area (Å²) >= 11 is 3.96. The first kappa shape index (κ1) is 25.9. The van der Waals surface area contributed by atoms with Crippen molar-refractivity contribution in [1.29, 1.82) is 0 Å². The quantitative estimate of drug-likeness (QED) is 0.0566. The Bertz CT molecular complexity index is 800. The fourth-order valence-corrected chi connectivity index (χ4v) is 2.91. The molecule has 0 spiro atoms. The van der Waals surface area contributed by atoms with Gasteiger partial charge in [0.15, 0.2) is 5.96 Å². The Morgan fingerprint density at radius 1 is 0.968 bits per heavy atom. The van der Waals surface area contributed by atoms with Gasteiger partial charge < -0.3 is 33.6 Å². The Morgan fingerprint density at radius 2 is 1.58 bits per heavy atom. The van der Waals surface area contributed by atoms with E-state index in [-0.39, 0.29) is 31.1 Å². The predicted octanol–water partition coefficient (Wildman–Crippen LogP) is -2.44. The number of Topliss-reactive ketones (excluding diaryl/α,β-unsaturated/α-hetero) is 1. The number of nitrogens with one attached hydrogen (secondary N) is 2. The fourth-order valence-electron chi connectivity index (χ4n) is 2.65. The van der Waals surface area contributed by atoms with E-state index in [1.807, 2.05) is 30.3 Å². The lowest BCUT2D eigenvalue weighted by Crippen LogP contribution is -2.56. The first-order valence-corrected chi connectivity index (χ1v) is 10.2. The van der Waals surface area contributed by atoms with Crippen molar-refractivity contribution in [3.05, 3.63) is 35.9 Å². The summed E-state index contributed by atoms with van der Waals surface area (Å²) < 4.78 is 0. The van der Waals surface area contributed by atoms with Crippen LogP contribution in [0.2, 0.25) is 0 Å². The van der Waals surface area contributed by atoms with Crippen molar-refractivity contribution in [2.24, 2.45) is 27.9 Å². The van der Waals surface area contributed by atoms with Gasteiger partial charge in [-0.15, -0.1) is 0 Å². The molecule has 31 heavy (non-hydrogen) atoms. The lowest BCUT2D eigenvalue weighted by molar-refractivity contribution is -0.138. The Hall–Kier alpha value is -3.12. The molecular weight excluding hydrogens is 422 g/mol. The number of nitrogens with zero attached hydrogens (tertiary/aromatic N) is 1. The number of carbonyl (C=O) groups excluding carboxylic acids is 4. The van der Waals surface area contributed by atoms with Crippen LogP contribution in [-0.4, -0.2) is 59.9 Å². The number of ketones is 1. The van der Waals surface area contributed by atoms with Crippen LogP contribution in [-0.2, 0) is 25.6 Å². The third kappa shape index (κ3) is 9.49. The van der Waals surface area contributed by atoms with Gasteiger partial charge in [-0.2, -0.15) is 12.6 Å². The van der Waals surface area contributed by atoms with Crippen molar-refractivity contribution in [3.8, 4) is 0 Å². The monoisotopic (exact) mass is 451 g/mol. The average Bonchev–Trinajstić information content (AvgIpc) is 2.73. The predicted molar refractivity (Wildman–Crippen MR) is 120 cm³/mol. The van der Waals surface area contributed by atoms with Crippen molar-refractivity contribution in [1.82, 2.24) is 10.6 Å². The highest BCUT2D eigenvalue weighted by Gasteiger charge is 2.29. The van der Waals surface area contributed by atoms with Gasteiger partial charge in [0.2, 0.25) is 17.6 Å². The van der Waals surface area contributed by atoms with Crippen LogP contribution < -0.4 is 33.6 Å². The molecule has 0 aliphatic rings. The summed E-state index contributed by atoms with van der Waals surface area (Å²) in [7, 11) is 0. The molecule has 0 saturated carbocycles. The highest BCUT2D eigenvalue weighted by Crippen LogP contribution is 2.05. The molecule has 0 aromatic heterocycles. The molecule has 0 heterocycles. The molecule has 3 amide bonds. The van der Waals surface area contributed by atoms with Gasteiger partial charge in [0.1, 0.15) is 12.1 Å². The molecule has 0 aliphatic carbocycles. The van der Waals surface area contributed by atoms with Crippen LogP contribution in [0, 0.1) is 0 Å². The number of primary amides is 1. The highest BCUT2D eigenvalue weighted by molar-refractivity contribution is 7.80. The van der Waals surface area contributed by atoms with Crippen LogP contribution in [0.25, 0.3) is 0 Å². The first-order valence-electron chi connectivity index (χ1n) is 9.55. The molecule has 0 saturated heterocycles. The number of guanidine groups is 1. The standard InChI is InChI=1S/C19H29N7O4S/c20-12(9-11-5-2-1-3-6-11)17(29)25-13(7-4-8-24-19(22)23)18(30)26-14(10-31)15(27)16(21)28/h1-3,5-6,12-14,31H,4,7-10,20H2,(H2,21,28)(H,25,29)(H,26,30)(H4,22,23,24)/t12-,13-,14-/m0/s1. The van der Waals surface area contributed by atoms with E-state index in [9.17, 15) is 19.2 Å². The smallest absolute Gasteiger partial charge is 0.287 e. The Morgan fingerprint density at radius 3 is 2.13 bits per heavy atom. The normalized spacial score (nSPS) is 13.4. The molecule has 170 valence electrons. The van der Waals surface area contributed by atoms with Crippen molar-refractivity contribution < 1.29 is 19.2 Å². The number of rotatable bonds is 13. The minimum atomic E-state index is -1.22. The van der Waals surface area contributed by atoms with Crippen molar-refractivity contribution >= 4 is 42.1 Å². The second-order valence-corrected chi connectivity index (χ2v) is 7.14. The lowest BCUT2D eigenvalue weighted by atomic mass is 10.0. The first-order chi connectivity index (χ1) is 14.6. The van der Waals surface area contributed by atoms with Gasteiger partial charge in [-0.3, -0.25) is 24.2 Å². The molecule has 0 unspecified atom stereocenters. The number of amides is 3. The summed E-state index contributed by atoms with van der Waals surface area (Å²) in [6, 6.07) is 6.01. The topological polar surface area (TPSA) is 209 Å². The Kier molecular flexibility index (Phi) is 11.1. The van der Waals surface area contributed by atoms with Gasteiger partial charge in [0.25, 0.3) is 5.91 Å². The molecule has 12 heteroatoms. The molecular formula is C19H29N7O4S. The van der Waals surface area contributed by atoms with Gasteiger partial charge >= 0.3 is 0 Å². The van der Waals surface area contributed by atoms with Gasteiger partial charge in [-0.05, 0) is 24.8 Å². The van der Waals surface area contributed by atoms with Crippen LogP contribution in [0.4, 0.5) is 0 Å². The van der Waals surface area contributed by atoms with Gasteiger partial charge in [0, 0.05) is 12.3 Å². The van der Waals surface area contributed by atoms with E-state index in [0.29, 0.717) is 6.42 Å². The summed E-state index contributed by atoms with van der Waals surface area (Å²) in [4.78, 5) is 52.0. The number of thiol groups is 1. The molecule has 0 fully saturated rings. The third-order valence-corrected chi connectivity index (χ3v) is 4.64. The number of benzene rings is 1. The van der Waals surface area contributed by atoms with E-state index in [4.69, 9.17) is 22.9 Å². The molecule has 0 aliphatic heterocycles. The van der Waals surface area contributed by atoms with E-state index in [0.717, 1.165) is 5.56 Å². The second kappa shape index (κ2) is 13.2. The van der Waals surface area contributed by atoms with E-state index < -0.39 is 41.6 Å². The van der Waals surface area contributed by atoms with Crippen molar-refractivity contribution in [3.63, 3.8) is 0 Å². The maximum Gasteiger partial charge on any atom is 0.287 e. The van der Waals surface area contributed by atoms with Gasteiger partial charge in [-0.1, -0.05) is 30.3 Å². The SMILES string of the molecule is NC(=O)C(=O)[C@H](CS)NC(=O)[C@H](CCCN=C(N)N)NC(=O)[C@@H](N)Cc1ccccc1. The van der Waals surface area contributed by atoms with Crippen LogP contribution in [0.5, 0.6) is 0 Å². The van der Waals surface area contributed by atoms with Gasteiger partial charge in [0.05, 0.1) is 6.04 Å². The number of carbonyl (C=O) groups is 4. The summed E-state index contributed by atoms with van der Waals surface area (Å²) in [5.41, 5.74) is 22.4. The molecule has 1 rings (SSSR count). The third-order valence-electron chi connectivity index (χ3n) is 4.27. The molecule has 11 nitrogen and oxygen atoms in total. The molecule has 0 radical (unpaired) electrons. The largest absolute Gasteiger partial charge is 0.370 e. The summed E-state index contributed by atoms with van der Waals surface area (Å²) in [6.45, 7) is 0.230.